The number of rotatable bonds is 5. The van der Waals surface area contributed by atoms with Crippen molar-refractivity contribution in [1.82, 2.24) is 5.32 Å². The molecule has 0 aromatic rings. The maximum atomic E-state index is 11.7. The molecule has 1 fully saturated rings. The fraction of sp³-hybridized carbons (Fsp3) is 0.615. The van der Waals surface area contributed by atoms with E-state index < -0.39 is 24.0 Å². The molecule has 0 spiro atoms. The van der Waals surface area contributed by atoms with Gasteiger partial charge in [-0.1, -0.05) is 19.4 Å². The Morgan fingerprint density at radius 1 is 1.32 bits per heavy atom. The second-order valence-electron chi connectivity index (χ2n) is 5.12. The van der Waals surface area contributed by atoms with Gasteiger partial charge in [-0.3, -0.25) is 10.1 Å². The quantitative estimate of drug-likeness (QED) is 0.576. The standard InChI is InChI=1S/C13H20N2O4/c1-7(2)11(12(17)15-13(14)18)19-10(16)6-8(3)9-4-5-9/h6-7,9,11H,4-5H2,1-3H3,(H3,14,15,17,18)/b8-6+. The number of nitrogens with one attached hydrogen (secondary N) is 1. The summed E-state index contributed by atoms with van der Waals surface area (Å²) in [5, 5.41) is 1.92. The average Bonchev–Trinajstić information content (AvgIpc) is 3.07. The van der Waals surface area contributed by atoms with Crippen LogP contribution in [0.3, 0.4) is 0 Å². The first-order valence-electron chi connectivity index (χ1n) is 6.30. The normalized spacial score (nSPS) is 16.9. The summed E-state index contributed by atoms with van der Waals surface area (Å²) in [6.07, 6.45) is 2.56. The van der Waals surface area contributed by atoms with Crippen LogP contribution in [0.5, 0.6) is 0 Å². The molecule has 0 aromatic carbocycles. The molecule has 0 aliphatic heterocycles. The van der Waals surface area contributed by atoms with E-state index in [2.05, 4.69) is 0 Å². The summed E-state index contributed by atoms with van der Waals surface area (Å²) < 4.78 is 5.09. The number of imide groups is 1. The molecule has 0 radical (unpaired) electrons. The van der Waals surface area contributed by atoms with E-state index in [1.165, 1.54) is 6.08 Å². The molecule has 1 atom stereocenters. The molecule has 0 aromatic heterocycles. The maximum Gasteiger partial charge on any atom is 0.331 e. The average molecular weight is 268 g/mol. The van der Waals surface area contributed by atoms with E-state index in [0.717, 1.165) is 18.4 Å². The van der Waals surface area contributed by atoms with E-state index in [-0.39, 0.29) is 5.92 Å². The zero-order valence-corrected chi connectivity index (χ0v) is 11.4. The third-order valence-electron chi connectivity index (χ3n) is 2.92. The SMILES string of the molecule is C/C(=C\C(=O)OC(C(=O)NC(N)=O)C(C)C)C1CC1. The van der Waals surface area contributed by atoms with E-state index >= 15 is 0 Å². The smallest absolute Gasteiger partial charge is 0.331 e. The summed E-state index contributed by atoms with van der Waals surface area (Å²) in [5.74, 6) is -1.06. The van der Waals surface area contributed by atoms with Crippen molar-refractivity contribution in [1.29, 1.82) is 0 Å². The molecule has 1 rings (SSSR count). The first kappa shape index (κ1) is 15.2. The van der Waals surface area contributed by atoms with Crippen LogP contribution in [0.15, 0.2) is 11.6 Å². The van der Waals surface area contributed by atoms with E-state index in [0.29, 0.717) is 5.92 Å². The topological polar surface area (TPSA) is 98.5 Å². The Morgan fingerprint density at radius 2 is 1.89 bits per heavy atom. The molecule has 6 nitrogen and oxygen atoms in total. The summed E-state index contributed by atoms with van der Waals surface area (Å²) >= 11 is 0. The lowest BCUT2D eigenvalue weighted by atomic mass is 10.1. The van der Waals surface area contributed by atoms with Crippen molar-refractivity contribution >= 4 is 17.9 Å². The molecule has 3 amide bonds. The van der Waals surface area contributed by atoms with Crippen LogP contribution in [0.4, 0.5) is 4.79 Å². The molecule has 6 heteroatoms. The predicted molar refractivity (Wildman–Crippen MR) is 68.9 cm³/mol. The lowest BCUT2D eigenvalue weighted by molar-refractivity contribution is -0.153. The number of esters is 1. The Morgan fingerprint density at radius 3 is 2.32 bits per heavy atom. The molecule has 106 valence electrons. The lowest BCUT2D eigenvalue weighted by Gasteiger charge is -2.19. The van der Waals surface area contributed by atoms with Gasteiger partial charge >= 0.3 is 12.0 Å². The number of nitrogens with two attached hydrogens (primary N) is 1. The van der Waals surface area contributed by atoms with Crippen LogP contribution in [-0.4, -0.2) is 24.0 Å². The summed E-state index contributed by atoms with van der Waals surface area (Å²) in [4.78, 5) is 34.0. The molecule has 3 N–H and O–H groups in total. The van der Waals surface area contributed by atoms with Gasteiger partial charge in [-0.25, -0.2) is 9.59 Å². The largest absolute Gasteiger partial charge is 0.449 e. The molecule has 1 saturated carbocycles. The van der Waals surface area contributed by atoms with E-state index in [4.69, 9.17) is 10.5 Å². The summed E-state index contributed by atoms with van der Waals surface area (Å²) in [5.41, 5.74) is 5.83. The fourth-order valence-electron chi connectivity index (χ4n) is 1.69. The van der Waals surface area contributed by atoms with Crippen molar-refractivity contribution in [2.75, 3.05) is 0 Å². The molecule has 0 saturated heterocycles. The van der Waals surface area contributed by atoms with Gasteiger partial charge in [0.1, 0.15) is 0 Å². The minimum atomic E-state index is -1.02. The molecule has 1 aliphatic carbocycles. The first-order valence-corrected chi connectivity index (χ1v) is 6.30. The number of carbonyl (C=O) groups excluding carboxylic acids is 3. The number of hydrogen-bond donors (Lipinski definition) is 2. The zero-order chi connectivity index (χ0) is 14.6. The lowest BCUT2D eigenvalue weighted by Crippen LogP contribution is -2.45. The number of urea groups is 1. The van der Waals surface area contributed by atoms with Gasteiger partial charge in [0.15, 0.2) is 6.10 Å². The van der Waals surface area contributed by atoms with E-state index in [9.17, 15) is 14.4 Å². The summed E-state index contributed by atoms with van der Waals surface area (Å²) in [6, 6.07) is -0.962. The second kappa shape index (κ2) is 6.36. The van der Waals surface area contributed by atoms with Crippen molar-refractivity contribution in [2.45, 2.75) is 39.7 Å². The number of hydrogen-bond acceptors (Lipinski definition) is 4. The third kappa shape index (κ3) is 5.11. The van der Waals surface area contributed by atoms with Gasteiger partial charge in [-0.2, -0.15) is 0 Å². The highest BCUT2D eigenvalue weighted by Crippen LogP contribution is 2.35. The molecule has 19 heavy (non-hydrogen) atoms. The Kier molecular flexibility index (Phi) is 5.09. The Bertz CT molecular complexity index is 411. The number of carbonyl (C=O) groups is 3. The van der Waals surface area contributed by atoms with Crippen molar-refractivity contribution in [2.24, 2.45) is 17.6 Å². The number of allylic oxidation sites excluding steroid dienone is 1. The van der Waals surface area contributed by atoms with Crippen LogP contribution in [0.1, 0.15) is 33.6 Å². The summed E-state index contributed by atoms with van der Waals surface area (Å²) in [6.45, 7) is 5.30. The highest BCUT2D eigenvalue weighted by molar-refractivity contribution is 5.97. The van der Waals surface area contributed by atoms with Gasteiger partial charge in [0.2, 0.25) is 0 Å². The monoisotopic (exact) mass is 268 g/mol. The number of ether oxygens (including phenoxy) is 1. The van der Waals surface area contributed by atoms with Crippen LogP contribution in [0, 0.1) is 11.8 Å². The van der Waals surface area contributed by atoms with Gasteiger partial charge in [0.25, 0.3) is 5.91 Å². The molecule has 0 heterocycles. The first-order chi connectivity index (χ1) is 8.81. The van der Waals surface area contributed by atoms with Crippen molar-refractivity contribution < 1.29 is 19.1 Å². The van der Waals surface area contributed by atoms with Crippen LogP contribution in [0.25, 0.3) is 0 Å². The van der Waals surface area contributed by atoms with Crippen LogP contribution < -0.4 is 11.1 Å². The fourth-order valence-corrected chi connectivity index (χ4v) is 1.69. The van der Waals surface area contributed by atoms with Gasteiger partial charge in [-0.05, 0) is 31.6 Å². The van der Waals surface area contributed by atoms with Crippen LogP contribution >= 0.6 is 0 Å². The predicted octanol–water partition coefficient (Wildman–Crippen LogP) is 1.11. The van der Waals surface area contributed by atoms with Gasteiger partial charge in [-0.15, -0.1) is 0 Å². The molecular weight excluding hydrogens is 248 g/mol. The Balaban J connectivity index is 2.62. The van der Waals surface area contributed by atoms with E-state index in [1.54, 1.807) is 13.8 Å². The minimum absolute atomic E-state index is 0.252. The Hall–Kier alpha value is -1.85. The highest BCUT2D eigenvalue weighted by atomic mass is 16.5. The molecule has 1 unspecified atom stereocenters. The highest BCUT2D eigenvalue weighted by Gasteiger charge is 2.28. The minimum Gasteiger partial charge on any atom is -0.449 e. The van der Waals surface area contributed by atoms with Gasteiger partial charge < -0.3 is 10.5 Å². The van der Waals surface area contributed by atoms with Crippen molar-refractivity contribution in [3.63, 3.8) is 0 Å². The zero-order valence-electron chi connectivity index (χ0n) is 11.4. The second-order valence-corrected chi connectivity index (χ2v) is 5.12. The van der Waals surface area contributed by atoms with Gasteiger partial charge in [0, 0.05) is 6.08 Å². The maximum absolute atomic E-state index is 11.7. The number of amides is 3. The molecule has 1 aliphatic rings. The Labute approximate surface area is 112 Å². The van der Waals surface area contributed by atoms with Crippen molar-refractivity contribution in [3.05, 3.63) is 11.6 Å². The molecule has 0 bridgehead atoms. The summed E-state index contributed by atoms with van der Waals surface area (Å²) in [7, 11) is 0. The van der Waals surface area contributed by atoms with Gasteiger partial charge in [0.05, 0.1) is 0 Å². The molecular formula is C13H20N2O4. The van der Waals surface area contributed by atoms with Crippen LogP contribution in [0.2, 0.25) is 0 Å². The van der Waals surface area contributed by atoms with Crippen LogP contribution in [-0.2, 0) is 14.3 Å². The van der Waals surface area contributed by atoms with E-state index in [1.807, 2.05) is 12.2 Å². The third-order valence-corrected chi connectivity index (χ3v) is 2.92. The number of primary amides is 1. The van der Waals surface area contributed by atoms with Crippen molar-refractivity contribution in [3.8, 4) is 0 Å².